The molecule has 0 radical (unpaired) electrons. The largest absolute Gasteiger partial charge is 0.493 e. The van der Waals surface area contributed by atoms with Gasteiger partial charge in [0.05, 0.1) is 27.2 Å². The first-order valence-corrected chi connectivity index (χ1v) is 8.58. The summed E-state index contributed by atoms with van der Waals surface area (Å²) in [6.45, 7) is 0.119. The molecule has 0 amide bonds. The van der Waals surface area contributed by atoms with Crippen LogP contribution in [-0.2, 0) is 16.1 Å². The van der Waals surface area contributed by atoms with Crippen molar-refractivity contribution in [2.24, 2.45) is 0 Å². The van der Waals surface area contributed by atoms with Crippen LogP contribution in [0.25, 0.3) is 11.4 Å². The van der Waals surface area contributed by atoms with Crippen molar-refractivity contribution in [1.29, 1.82) is 0 Å². The highest BCUT2D eigenvalue weighted by atomic mass is 16.6. The average molecular weight is 384 g/mol. The summed E-state index contributed by atoms with van der Waals surface area (Å²) in [6, 6.07) is 14.5. The van der Waals surface area contributed by atoms with Gasteiger partial charge in [-0.15, -0.1) is 0 Å². The lowest BCUT2D eigenvalue weighted by Gasteiger charge is -2.07. The van der Waals surface area contributed by atoms with Gasteiger partial charge in [0.25, 0.3) is 5.89 Å². The van der Waals surface area contributed by atoms with Crippen LogP contribution in [0.4, 0.5) is 0 Å². The number of methoxy groups -OCH3 is 2. The predicted molar refractivity (Wildman–Crippen MR) is 99.2 cm³/mol. The van der Waals surface area contributed by atoms with Gasteiger partial charge in [0.1, 0.15) is 5.75 Å². The second-order valence-electron chi connectivity index (χ2n) is 5.65. The molecule has 0 spiro atoms. The fraction of sp³-hybridized carbons (Fsp3) is 0.250. The smallest absolute Gasteiger partial charge is 0.309 e. The summed E-state index contributed by atoms with van der Waals surface area (Å²) < 4.78 is 26.2. The molecule has 1 aromatic heterocycles. The SMILES string of the molecule is COc1ccc(-c2noc(COC(=O)CCOc3ccccc3)n2)cc1OC. The first-order chi connectivity index (χ1) is 13.7. The number of aromatic nitrogens is 2. The number of carbonyl (C=O) groups is 1. The number of carbonyl (C=O) groups excluding carboxylic acids is 1. The third kappa shape index (κ3) is 5.00. The molecule has 0 atom stereocenters. The van der Waals surface area contributed by atoms with Gasteiger partial charge in [-0.1, -0.05) is 23.4 Å². The quantitative estimate of drug-likeness (QED) is 0.519. The minimum absolute atomic E-state index is 0.107. The Morgan fingerprint density at radius 1 is 1.04 bits per heavy atom. The van der Waals surface area contributed by atoms with Crippen molar-refractivity contribution in [3.05, 3.63) is 54.4 Å². The minimum atomic E-state index is -0.415. The summed E-state index contributed by atoms with van der Waals surface area (Å²) >= 11 is 0. The molecular formula is C20H20N2O6. The lowest BCUT2D eigenvalue weighted by atomic mass is 10.2. The van der Waals surface area contributed by atoms with Gasteiger partial charge in [-0.05, 0) is 30.3 Å². The highest BCUT2D eigenvalue weighted by Gasteiger charge is 2.13. The van der Waals surface area contributed by atoms with E-state index >= 15 is 0 Å². The number of hydrogen-bond donors (Lipinski definition) is 0. The van der Waals surface area contributed by atoms with Crippen LogP contribution in [0.5, 0.6) is 17.2 Å². The Hall–Kier alpha value is -3.55. The standard InChI is InChI=1S/C20H20N2O6/c1-24-16-9-8-14(12-17(16)25-2)20-21-18(28-22-20)13-27-19(23)10-11-26-15-6-4-3-5-7-15/h3-9,12H,10-11,13H2,1-2H3. The van der Waals surface area contributed by atoms with Gasteiger partial charge in [-0.2, -0.15) is 4.98 Å². The number of rotatable bonds is 9. The van der Waals surface area contributed by atoms with Crippen molar-refractivity contribution in [3.63, 3.8) is 0 Å². The van der Waals surface area contributed by atoms with E-state index in [9.17, 15) is 4.79 Å². The summed E-state index contributed by atoms with van der Waals surface area (Å²) in [7, 11) is 3.10. The maximum absolute atomic E-state index is 11.8. The first-order valence-electron chi connectivity index (χ1n) is 8.58. The lowest BCUT2D eigenvalue weighted by molar-refractivity contribution is -0.146. The van der Waals surface area contributed by atoms with Crippen LogP contribution >= 0.6 is 0 Å². The van der Waals surface area contributed by atoms with Crippen LogP contribution in [-0.4, -0.2) is 36.9 Å². The molecule has 0 fully saturated rings. The van der Waals surface area contributed by atoms with E-state index in [1.807, 2.05) is 30.3 Å². The Labute approximate surface area is 162 Å². The van der Waals surface area contributed by atoms with E-state index in [1.54, 1.807) is 32.4 Å². The summed E-state index contributed by atoms with van der Waals surface area (Å²) in [5.41, 5.74) is 0.690. The molecular weight excluding hydrogens is 364 g/mol. The van der Waals surface area contributed by atoms with Gasteiger partial charge >= 0.3 is 5.97 Å². The molecule has 1 heterocycles. The third-order valence-electron chi connectivity index (χ3n) is 3.78. The summed E-state index contributed by atoms with van der Waals surface area (Å²) in [6.07, 6.45) is 0.117. The Bertz CT molecular complexity index is 910. The number of hydrogen-bond acceptors (Lipinski definition) is 8. The van der Waals surface area contributed by atoms with Gasteiger partial charge in [-0.25, -0.2) is 0 Å². The van der Waals surface area contributed by atoms with Crippen LogP contribution in [0.1, 0.15) is 12.3 Å². The summed E-state index contributed by atoms with van der Waals surface area (Å²) in [5, 5.41) is 3.90. The Morgan fingerprint density at radius 2 is 1.82 bits per heavy atom. The molecule has 8 heteroatoms. The topological polar surface area (TPSA) is 92.9 Å². The fourth-order valence-electron chi connectivity index (χ4n) is 2.39. The van der Waals surface area contributed by atoms with Gasteiger partial charge in [0.2, 0.25) is 5.82 Å². The molecule has 3 aromatic rings. The zero-order chi connectivity index (χ0) is 19.8. The van der Waals surface area contributed by atoms with Gasteiger partial charge in [0, 0.05) is 5.56 Å². The molecule has 8 nitrogen and oxygen atoms in total. The maximum atomic E-state index is 11.8. The van der Waals surface area contributed by atoms with Crippen molar-refractivity contribution in [1.82, 2.24) is 10.1 Å². The van der Waals surface area contributed by atoms with Crippen molar-refractivity contribution >= 4 is 5.97 Å². The molecule has 0 unspecified atom stereocenters. The van der Waals surface area contributed by atoms with E-state index in [1.165, 1.54) is 0 Å². The second-order valence-corrected chi connectivity index (χ2v) is 5.65. The Kier molecular flexibility index (Phi) is 6.46. The molecule has 0 aliphatic carbocycles. The fourth-order valence-corrected chi connectivity index (χ4v) is 2.39. The average Bonchev–Trinajstić information content (AvgIpc) is 3.21. The second kappa shape index (κ2) is 9.40. The first kappa shape index (κ1) is 19.2. The Morgan fingerprint density at radius 3 is 2.57 bits per heavy atom. The Balaban J connectivity index is 1.50. The lowest BCUT2D eigenvalue weighted by Crippen LogP contribution is -2.10. The van der Waals surface area contributed by atoms with E-state index in [-0.39, 0.29) is 25.5 Å². The van der Waals surface area contributed by atoms with Crippen molar-refractivity contribution in [3.8, 4) is 28.6 Å². The predicted octanol–water partition coefficient (Wildman–Crippen LogP) is 3.27. The molecule has 0 aliphatic rings. The van der Waals surface area contributed by atoms with Crippen LogP contribution in [0.3, 0.4) is 0 Å². The molecule has 2 aromatic carbocycles. The van der Waals surface area contributed by atoms with Crippen LogP contribution in [0.15, 0.2) is 53.1 Å². The third-order valence-corrected chi connectivity index (χ3v) is 3.78. The summed E-state index contributed by atoms with van der Waals surface area (Å²) in [5.74, 6) is 1.99. The molecule has 0 N–H and O–H groups in total. The van der Waals surface area contributed by atoms with E-state index in [0.717, 1.165) is 0 Å². The number of esters is 1. The van der Waals surface area contributed by atoms with Crippen LogP contribution < -0.4 is 14.2 Å². The van der Waals surface area contributed by atoms with Gasteiger partial charge in [-0.3, -0.25) is 4.79 Å². The molecule has 0 bridgehead atoms. The van der Waals surface area contributed by atoms with Crippen LogP contribution in [0, 0.1) is 0 Å². The van der Waals surface area contributed by atoms with E-state index in [0.29, 0.717) is 28.6 Å². The highest BCUT2D eigenvalue weighted by Crippen LogP contribution is 2.31. The van der Waals surface area contributed by atoms with Crippen molar-refractivity contribution in [2.45, 2.75) is 13.0 Å². The molecule has 146 valence electrons. The van der Waals surface area contributed by atoms with Gasteiger partial charge in [0.15, 0.2) is 18.1 Å². The van der Waals surface area contributed by atoms with Crippen LogP contribution in [0.2, 0.25) is 0 Å². The minimum Gasteiger partial charge on any atom is -0.493 e. The number of para-hydroxylation sites is 1. The normalized spacial score (nSPS) is 10.4. The molecule has 3 rings (SSSR count). The van der Waals surface area contributed by atoms with Gasteiger partial charge < -0.3 is 23.5 Å². The number of benzene rings is 2. The molecule has 0 saturated heterocycles. The van der Waals surface area contributed by atoms with Crippen molar-refractivity contribution < 1.29 is 28.3 Å². The maximum Gasteiger partial charge on any atom is 0.309 e. The molecule has 0 aliphatic heterocycles. The number of ether oxygens (including phenoxy) is 4. The van der Waals surface area contributed by atoms with E-state index in [4.69, 9.17) is 23.5 Å². The van der Waals surface area contributed by atoms with E-state index in [2.05, 4.69) is 10.1 Å². The monoisotopic (exact) mass is 384 g/mol. The number of nitrogens with zero attached hydrogens (tertiary/aromatic N) is 2. The zero-order valence-electron chi connectivity index (χ0n) is 15.6. The molecule has 28 heavy (non-hydrogen) atoms. The zero-order valence-corrected chi connectivity index (χ0v) is 15.6. The molecule has 0 saturated carbocycles. The highest BCUT2D eigenvalue weighted by molar-refractivity contribution is 5.69. The summed E-state index contributed by atoms with van der Waals surface area (Å²) in [4.78, 5) is 16.0. The van der Waals surface area contributed by atoms with E-state index < -0.39 is 5.97 Å². The van der Waals surface area contributed by atoms with Crippen molar-refractivity contribution in [2.75, 3.05) is 20.8 Å².